The quantitative estimate of drug-likeness (QED) is 0.701. The molecule has 92 valence electrons. The van der Waals surface area contributed by atoms with E-state index < -0.39 is 15.9 Å². The number of hydrogen-bond donors (Lipinski definition) is 1. The van der Waals surface area contributed by atoms with E-state index in [2.05, 4.69) is 13.8 Å². The summed E-state index contributed by atoms with van der Waals surface area (Å²) in [6.45, 7) is 4.18. The smallest absolute Gasteiger partial charge is 0.147 e. The molecule has 1 N–H and O–H groups in total. The molecule has 0 aromatic carbocycles. The Bertz CT molecular complexity index is 241. The Hall–Kier alpha value is -0.0900. The van der Waals surface area contributed by atoms with Crippen molar-refractivity contribution in [1.29, 1.82) is 0 Å². The molecule has 0 aliphatic rings. The number of sulfone groups is 1. The highest BCUT2D eigenvalue weighted by atomic mass is 32.2. The topological polar surface area (TPSA) is 54.4 Å². The summed E-state index contributed by atoms with van der Waals surface area (Å²) >= 11 is 0. The third-order valence-electron chi connectivity index (χ3n) is 2.65. The summed E-state index contributed by atoms with van der Waals surface area (Å²) in [6.07, 6.45) is 5.19. The Morgan fingerprint density at radius 1 is 1.07 bits per heavy atom. The monoisotopic (exact) mass is 236 g/mol. The van der Waals surface area contributed by atoms with Crippen molar-refractivity contribution in [3.63, 3.8) is 0 Å². The van der Waals surface area contributed by atoms with Gasteiger partial charge in [-0.2, -0.15) is 0 Å². The lowest BCUT2D eigenvalue weighted by atomic mass is 9.91. The van der Waals surface area contributed by atoms with E-state index in [4.69, 9.17) is 0 Å². The molecule has 0 bridgehead atoms. The molecule has 0 aliphatic heterocycles. The first kappa shape index (κ1) is 14.9. The van der Waals surface area contributed by atoms with E-state index >= 15 is 0 Å². The lowest BCUT2D eigenvalue weighted by molar-refractivity contribution is 0.0932. The second-order valence-corrected chi connectivity index (χ2v) is 6.58. The maximum Gasteiger partial charge on any atom is 0.147 e. The minimum atomic E-state index is -2.94. The van der Waals surface area contributed by atoms with Crippen LogP contribution in [0.3, 0.4) is 0 Å². The zero-order chi connectivity index (χ0) is 11.9. The standard InChI is InChI=1S/C11H24O3S/c1-4-6-10(7-5-2)11(12)8-9-15(3,13)14/h10-12H,4-9H2,1-3H3. The fourth-order valence-corrected chi connectivity index (χ4v) is 2.51. The van der Waals surface area contributed by atoms with Gasteiger partial charge >= 0.3 is 0 Å². The Balaban J connectivity index is 4.07. The summed E-state index contributed by atoms with van der Waals surface area (Å²) in [5.74, 6) is 0.361. The summed E-state index contributed by atoms with van der Waals surface area (Å²) in [6, 6.07) is 0. The number of hydrogen-bond acceptors (Lipinski definition) is 3. The van der Waals surface area contributed by atoms with E-state index in [0.717, 1.165) is 25.7 Å². The Morgan fingerprint density at radius 3 is 1.87 bits per heavy atom. The third kappa shape index (κ3) is 7.79. The van der Waals surface area contributed by atoms with E-state index in [1.807, 2.05) is 0 Å². The van der Waals surface area contributed by atoms with Gasteiger partial charge in [0.25, 0.3) is 0 Å². The van der Waals surface area contributed by atoms with Gasteiger partial charge in [-0.15, -0.1) is 0 Å². The maximum atomic E-state index is 11.0. The van der Waals surface area contributed by atoms with Gasteiger partial charge in [0, 0.05) is 6.26 Å². The fraction of sp³-hybridized carbons (Fsp3) is 1.00. The summed E-state index contributed by atoms with van der Waals surface area (Å²) in [5, 5.41) is 9.87. The summed E-state index contributed by atoms with van der Waals surface area (Å²) < 4.78 is 21.9. The first-order valence-electron chi connectivity index (χ1n) is 5.76. The second-order valence-electron chi connectivity index (χ2n) is 4.32. The molecular formula is C11H24O3S. The predicted molar refractivity (Wildman–Crippen MR) is 63.6 cm³/mol. The Morgan fingerprint density at radius 2 is 1.53 bits per heavy atom. The lowest BCUT2D eigenvalue weighted by Gasteiger charge is -2.21. The highest BCUT2D eigenvalue weighted by Crippen LogP contribution is 2.20. The zero-order valence-electron chi connectivity index (χ0n) is 10.1. The molecule has 0 amide bonds. The van der Waals surface area contributed by atoms with Crippen LogP contribution >= 0.6 is 0 Å². The summed E-state index contributed by atoms with van der Waals surface area (Å²) in [5.41, 5.74) is 0. The number of rotatable bonds is 8. The summed E-state index contributed by atoms with van der Waals surface area (Å²) in [4.78, 5) is 0. The van der Waals surface area contributed by atoms with Gasteiger partial charge in [0.1, 0.15) is 9.84 Å². The number of aliphatic hydroxyl groups excluding tert-OH is 1. The molecule has 0 heterocycles. The van der Waals surface area contributed by atoms with Crippen molar-refractivity contribution in [1.82, 2.24) is 0 Å². The molecule has 4 heteroatoms. The van der Waals surface area contributed by atoms with Gasteiger partial charge in [0.15, 0.2) is 0 Å². The molecule has 0 aliphatic carbocycles. The molecule has 0 saturated carbocycles. The van der Waals surface area contributed by atoms with Crippen molar-refractivity contribution in [3.8, 4) is 0 Å². The minimum absolute atomic E-state index is 0.0953. The van der Waals surface area contributed by atoms with Gasteiger partial charge in [-0.05, 0) is 25.2 Å². The fourth-order valence-electron chi connectivity index (χ4n) is 1.84. The van der Waals surface area contributed by atoms with Gasteiger partial charge in [-0.25, -0.2) is 8.42 Å². The van der Waals surface area contributed by atoms with Crippen LogP contribution in [0.5, 0.6) is 0 Å². The lowest BCUT2D eigenvalue weighted by Crippen LogP contribution is -2.23. The summed E-state index contributed by atoms with van der Waals surface area (Å²) in [7, 11) is -2.94. The molecule has 3 nitrogen and oxygen atoms in total. The SMILES string of the molecule is CCCC(CCC)C(O)CCS(C)(=O)=O. The van der Waals surface area contributed by atoms with Gasteiger partial charge < -0.3 is 5.11 Å². The second kappa shape index (κ2) is 7.23. The molecule has 0 saturated heterocycles. The van der Waals surface area contributed by atoms with Crippen LogP contribution in [0.4, 0.5) is 0 Å². The van der Waals surface area contributed by atoms with Crippen molar-refractivity contribution < 1.29 is 13.5 Å². The van der Waals surface area contributed by atoms with Crippen molar-refractivity contribution in [2.24, 2.45) is 5.92 Å². The molecule has 0 fully saturated rings. The maximum absolute atomic E-state index is 11.0. The van der Waals surface area contributed by atoms with Crippen LogP contribution in [-0.4, -0.2) is 31.6 Å². The average molecular weight is 236 g/mol. The molecule has 1 unspecified atom stereocenters. The van der Waals surface area contributed by atoms with Crippen LogP contribution in [0.25, 0.3) is 0 Å². The molecule has 0 radical (unpaired) electrons. The van der Waals surface area contributed by atoms with Crippen molar-refractivity contribution >= 4 is 9.84 Å². The van der Waals surface area contributed by atoms with Crippen LogP contribution in [-0.2, 0) is 9.84 Å². The molecule has 15 heavy (non-hydrogen) atoms. The van der Waals surface area contributed by atoms with Crippen molar-refractivity contribution in [3.05, 3.63) is 0 Å². The van der Waals surface area contributed by atoms with Crippen LogP contribution in [0.15, 0.2) is 0 Å². The van der Waals surface area contributed by atoms with Crippen LogP contribution in [0.1, 0.15) is 46.0 Å². The van der Waals surface area contributed by atoms with E-state index in [-0.39, 0.29) is 11.7 Å². The minimum Gasteiger partial charge on any atom is -0.393 e. The highest BCUT2D eigenvalue weighted by Gasteiger charge is 2.18. The molecule has 1 atom stereocenters. The first-order valence-corrected chi connectivity index (χ1v) is 7.82. The molecular weight excluding hydrogens is 212 g/mol. The van der Waals surface area contributed by atoms with Crippen molar-refractivity contribution in [2.45, 2.75) is 52.1 Å². The van der Waals surface area contributed by atoms with Crippen LogP contribution in [0, 0.1) is 5.92 Å². The van der Waals surface area contributed by atoms with E-state index in [1.54, 1.807) is 0 Å². The third-order valence-corrected chi connectivity index (χ3v) is 3.62. The first-order chi connectivity index (χ1) is 6.90. The van der Waals surface area contributed by atoms with E-state index in [0.29, 0.717) is 6.42 Å². The van der Waals surface area contributed by atoms with Crippen LogP contribution in [0.2, 0.25) is 0 Å². The van der Waals surface area contributed by atoms with E-state index in [9.17, 15) is 13.5 Å². The zero-order valence-corrected chi connectivity index (χ0v) is 10.9. The molecule has 0 aromatic heterocycles. The van der Waals surface area contributed by atoms with Crippen molar-refractivity contribution in [2.75, 3.05) is 12.0 Å². The van der Waals surface area contributed by atoms with Gasteiger partial charge in [0.05, 0.1) is 11.9 Å². The molecule has 0 spiro atoms. The van der Waals surface area contributed by atoms with Crippen LogP contribution < -0.4 is 0 Å². The van der Waals surface area contributed by atoms with Gasteiger partial charge in [-0.1, -0.05) is 26.7 Å². The largest absolute Gasteiger partial charge is 0.393 e. The normalized spacial score (nSPS) is 14.5. The molecule has 0 rings (SSSR count). The average Bonchev–Trinajstić information content (AvgIpc) is 2.13. The number of aliphatic hydroxyl groups is 1. The Kier molecular flexibility index (Phi) is 7.18. The van der Waals surface area contributed by atoms with Gasteiger partial charge in [-0.3, -0.25) is 0 Å². The highest BCUT2D eigenvalue weighted by molar-refractivity contribution is 7.90. The molecule has 0 aromatic rings. The van der Waals surface area contributed by atoms with Gasteiger partial charge in [0.2, 0.25) is 0 Å². The van der Waals surface area contributed by atoms with E-state index in [1.165, 1.54) is 6.26 Å². The Labute approximate surface area is 93.8 Å². The predicted octanol–water partition coefficient (Wildman–Crippen LogP) is 2.00.